The molecule has 1 aliphatic carbocycles. The van der Waals surface area contributed by atoms with Gasteiger partial charge in [0.15, 0.2) is 0 Å². The maximum Gasteiger partial charge on any atom is 0.391 e. The summed E-state index contributed by atoms with van der Waals surface area (Å²) in [4.78, 5) is 23.8. The second-order valence-electron chi connectivity index (χ2n) is 4.93. The van der Waals surface area contributed by atoms with Crippen LogP contribution in [0.4, 0.5) is 13.2 Å². The molecule has 7 heteroatoms. The van der Waals surface area contributed by atoms with Crippen LogP contribution in [0.2, 0.25) is 0 Å². The Morgan fingerprint density at radius 1 is 1.11 bits per heavy atom. The second kappa shape index (κ2) is 4.44. The number of nitrogens with zero attached hydrogens (tertiary/aromatic N) is 1. The molecule has 1 amide bonds. The molecule has 2 fully saturated rings. The second-order valence-corrected chi connectivity index (χ2v) is 4.93. The average molecular weight is 265 g/mol. The number of rotatable bonds is 2. The van der Waals surface area contributed by atoms with Crippen molar-refractivity contribution < 1.29 is 27.9 Å². The van der Waals surface area contributed by atoms with Crippen molar-refractivity contribution >= 4 is 11.9 Å². The maximum atomic E-state index is 12.4. The molecule has 0 bridgehead atoms. The van der Waals surface area contributed by atoms with Crippen molar-refractivity contribution in [2.24, 2.45) is 17.8 Å². The highest BCUT2D eigenvalue weighted by atomic mass is 19.4. The smallest absolute Gasteiger partial charge is 0.391 e. The standard InChI is InChI=1S/C11H14F3NO3/c12-11(13,14)6-1-3-15(4-2-6)9(16)7-5-8(7)10(17)18/h6-8H,1-5H2,(H,17,18)/t7-,8+/m1/s1. The normalized spacial score (nSPS) is 29.2. The van der Waals surface area contributed by atoms with E-state index in [1.165, 1.54) is 4.90 Å². The number of carbonyl (C=O) groups excluding carboxylic acids is 1. The van der Waals surface area contributed by atoms with Crippen molar-refractivity contribution in [3.63, 3.8) is 0 Å². The lowest BCUT2D eigenvalue weighted by molar-refractivity contribution is -0.186. The fraction of sp³-hybridized carbons (Fsp3) is 0.818. The summed E-state index contributed by atoms with van der Waals surface area (Å²) in [6, 6.07) is 0. The molecule has 1 saturated heterocycles. The summed E-state index contributed by atoms with van der Waals surface area (Å²) in [5.74, 6) is -3.81. The van der Waals surface area contributed by atoms with Crippen LogP contribution in [0, 0.1) is 17.8 Å². The minimum atomic E-state index is -4.20. The van der Waals surface area contributed by atoms with Gasteiger partial charge in [-0.15, -0.1) is 0 Å². The molecule has 4 nitrogen and oxygen atoms in total. The van der Waals surface area contributed by atoms with E-state index < -0.39 is 29.9 Å². The van der Waals surface area contributed by atoms with Crippen LogP contribution >= 0.6 is 0 Å². The number of aliphatic carboxylic acids is 1. The first kappa shape index (κ1) is 13.2. The molecule has 1 saturated carbocycles. The minimum absolute atomic E-state index is 0.0752. The van der Waals surface area contributed by atoms with Crippen molar-refractivity contribution in [2.45, 2.75) is 25.4 Å². The lowest BCUT2D eigenvalue weighted by atomic mass is 9.96. The largest absolute Gasteiger partial charge is 0.481 e. The summed E-state index contributed by atoms with van der Waals surface area (Å²) in [5, 5.41) is 8.70. The molecule has 0 radical (unpaired) electrons. The fourth-order valence-electron chi connectivity index (χ4n) is 2.40. The monoisotopic (exact) mass is 265 g/mol. The summed E-state index contributed by atoms with van der Waals surface area (Å²) < 4.78 is 37.3. The van der Waals surface area contributed by atoms with Crippen molar-refractivity contribution in [3.8, 4) is 0 Å². The van der Waals surface area contributed by atoms with Crippen molar-refractivity contribution in [2.75, 3.05) is 13.1 Å². The van der Waals surface area contributed by atoms with E-state index in [4.69, 9.17) is 5.11 Å². The molecule has 0 aromatic carbocycles. The van der Waals surface area contributed by atoms with Gasteiger partial charge in [0.05, 0.1) is 17.8 Å². The molecule has 18 heavy (non-hydrogen) atoms. The van der Waals surface area contributed by atoms with Crippen LogP contribution in [-0.4, -0.2) is 41.1 Å². The van der Waals surface area contributed by atoms with Gasteiger partial charge in [-0.3, -0.25) is 9.59 Å². The molecule has 102 valence electrons. The SMILES string of the molecule is O=C(O)[C@H]1C[C@H]1C(=O)N1CCC(C(F)(F)F)CC1. The van der Waals surface area contributed by atoms with E-state index in [2.05, 4.69) is 0 Å². The number of likely N-dealkylation sites (tertiary alicyclic amines) is 1. The van der Waals surface area contributed by atoms with E-state index in [0.29, 0.717) is 6.42 Å². The van der Waals surface area contributed by atoms with Crippen LogP contribution in [0.1, 0.15) is 19.3 Å². The number of carbonyl (C=O) groups is 2. The third-order valence-corrected chi connectivity index (χ3v) is 3.69. The van der Waals surface area contributed by atoms with Crippen LogP contribution in [-0.2, 0) is 9.59 Å². The van der Waals surface area contributed by atoms with E-state index in [0.717, 1.165) is 0 Å². The quantitative estimate of drug-likeness (QED) is 0.823. The number of carboxylic acid groups (broad SMARTS) is 1. The van der Waals surface area contributed by atoms with Gasteiger partial charge in [0.2, 0.25) is 5.91 Å². The molecule has 1 heterocycles. The lowest BCUT2D eigenvalue weighted by Crippen LogP contribution is -2.43. The number of alkyl halides is 3. The zero-order valence-corrected chi connectivity index (χ0v) is 9.61. The van der Waals surface area contributed by atoms with E-state index in [-0.39, 0.29) is 31.8 Å². The Morgan fingerprint density at radius 3 is 2.06 bits per heavy atom. The van der Waals surface area contributed by atoms with E-state index in [9.17, 15) is 22.8 Å². The highest BCUT2D eigenvalue weighted by Gasteiger charge is 2.51. The van der Waals surface area contributed by atoms with E-state index in [1.807, 2.05) is 0 Å². The third kappa shape index (κ3) is 2.59. The Balaban J connectivity index is 1.84. The lowest BCUT2D eigenvalue weighted by Gasteiger charge is -2.33. The number of hydrogen-bond acceptors (Lipinski definition) is 2. The molecule has 2 aliphatic rings. The Labute approximate surface area is 102 Å². The van der Waals surface area contributed by atoms with Crippen LogP contribution in [0.3, 0.4) is 0 Å². The van der Waals surface area contributed by atoms with Gasteiger partial charge in [0, 0.05) is 13.1 Å². The van der Waals surface area contributed by atoms with Crippen LogP contribution in [0.25, 0.3) is 0 Å². The molecule has 0 unspecified atom stereocenters. The van der Waals surface area contributed by atoms with E-state index >= 15 is 0 Å². The summed E-state index contributed by atoms with van der Waals surface area (Å²) in [7, 11) is 0. The molecule has 2 atom stereocenters. The van der Waals surface area contributed by atoms with Gasteiger partial charge in [-0.1, -0.05) is 0 Å². The Hall–Kier alpha value is -1.27. The van der Waals surface area contributed by atoms with Gasteiger partial charge in [-0.25, -0.2) is 0 Å². The third-order valence-electron chi connectivity index (χ3n) is 3.69. The zero-order valence-electron chi connectivity index (χ0n) is 9.61. The van der Waals surface area contributed by atoms with E-state index in [1.54, 1.807) is 0 Å². The molecule has 1 aliphatic heterocycles. The highest BCUT2D eigenvalue weighted by molar-refractivity contribution is 5.89. The summed E-state index contributed by atoms with van der Waals surface area (Å²) in [5.41, 5.74) is 0. The van der Waals surface area contributed by atoms with Gasteiger partial charge in [-0.2, -0.15) is 13.2 Å². The Bertz CT molecular complexity index is 361. The van der Waals surface area contributed by atoms with Crippen molar-refractivity contribution in [1.82, 2.24) is 4.90 Å². The number of amides is 1. The molecule has 0 aromatic heterocycles. The number of piperidine rings is 1. The number of carboxylic acids is 1. The molecule has 1 N–H and O–H groups in total. The highest BCUT2D eigenvalue weighted by Crippen LogP contribution is 2.41. The van der Waals surface area contributed by atoms with Crippen molar-refractivity contribution in [3.05, 3.63) is 0 Å². The predicted octanol–water partition coefficient (Wildman–Crippen LogP) is 1.51. The topological polar surface area (TPSA) is 57.6 Å². The predicted molar refractivity (Wildman–Crippen MR) is 54.6 cm³/mol. The van der Waals surface area contributed by atoms with Gasteiger partial charge < -0.3 is 10.0 Å². The first-order valence-corrected chi connectivity index (χ1v) is 5.89. The number of hydrogen-bond donors (Lipinski definition) is 1. The average Bonchev–Trinajstić information content (AvgIpc) is 3.07. The number of halogens is 3. The van der Waals surface area contributed by atoms with Crippen LogP contribution in [0.15, 0.2) is 0 Å². The Kier molecular flexibility index (Phi) is 3.25. The van der Waals surface area contributed by atoms with Crippen LogP contribution < -0.4 is 0 Å². The maximum absolute atomic E-state index is 12.4. The summed E-state index contributed by atoms with van der Waals surface area (Å²) in [6.07, 6.45) is -4.05. The summed E-state index contributed by atoms with van der Waals surface area (Å²) >= 11 is 0. The molecular weight excluding hydrogens is 251 g/mol. The van der Waals surface area contributed by atoms with Crippen LogP contribution in [0.5, 0.6) is 0 Å². The zero-order chi connectivity index (χ0) is 13.5. The molecule has 2 rings (SSSR count). The van der Waals surface area contributed by atoms with Gasteiger partial charge in [0.1, 0.15) is 0 Å². The van der Waals surface area contributed by atoms with Gasteiger partial charge in [0.25, 0.3) is 0 Å². The molecule has 0 spiro atoms. The van der Waals surface area contributed by atoms with Crippen molar-refractivity contribution in [1.29, 1.82) is 0 Å². The minimum Gasteiger partial charge on any atom is -0.481 e. The molecule has 0 aromatic rings. The molecular formula is C11H14F3NO3. The van der Waals surface area contributed by atoms with Gasteiger partial charge in [-0.05, 0) is 19.3 Å². The Morgan fingerprint density at radius 2 is 1.67 bits per heavy atom. The fourth-order valence-corrected chi connectivity index (χ4v) is 2.40. The first-order valence-electron chi connectivity index (χ1n) is 5.89. The summed E-state index contributed by atoms with van der Waals surface area (Å²) in [6.45, 7) is 0.150. The van der Waals surface area contributed by atoms with Gasteiger partial charge >= 0.3 is 12.1 Å². The first-order chi connectivity index (χ1) is 8.30.